The summed E-state index contributed by atoms with van der Waals surface area (Å²) in [5, 5.41) is 6.42. The number of hydrogen-bond acceptors (Lipinski definition) is 1. The molecule has 3 heteroatoms. The van der Waals surface area contributed by atoms with Gasteiger partial charge in [0, 0.05) is 53.9 Å². The number of hydrogen-bond donors (Lipinski definition) is 0. The predicted molar refractivity (Wildman–Crippen MR) is 201 cm³/mol. The molecule has 0 N–H and O–H groups in total. The molecule has 0 unspecified atom stereocenters. The van der Waals surface area contributed by atoms with E-state index in [9.17, 15) is 0 Å². The highest BCUT2D eigenvalue weighted by atomic mass is 32.1. The lowest BCUT2D eigenvalue weighted by Crippen LogP contribution is -1.94. The Hall–Kier alpha value is -5.90. The molecule has 7 aromatic carbocycles. The minimum Gasteiger partial charge on any atom is -0.316 e. The third-order valence-corrected chi connectivity index (χ3v) is 10.9. The van der Waals surface area contributed by atoms with Crippen LogP contribution in [0.4, 0.5) is 0 Å². The third-order valence-electron chi connectivity index (χ3n) is 9.57. The van der Waals surface area contributed by atoms with Crippen molar-refractivity contribution in [2.75, 3.05) is 0 Å². The maximum absolute atomic E-state index is 2.42. The van der Waals surface area contributed by atoms with Crippen molar-refractivity contribution in [3.8, 4) is 33.6 Å². The van der Waals surface area contributed by atoms with Crippen molar-refractivity contribution in [3.63, 3.8) is 0 Å². The highest BCUT2D eigenvalue weighted by Gasteiger charge is 2.18. The van der Waals surface area contributed by atoms with Crippen LogP contribution in [0.15, 0.2) is 170 Å². The maximum Gasteiger partial charge on any atom is 0.0628 e. The molecule has 0 aliphatic rings. The molecule has 220 valence electrons. The standard InChI is InChI=1S/C44H28N2S/c1-3-11-29(12-4-1)34-16-9-18-36-37-19-10-17-35(44(37)47-43(34)36)30-21-24-33(25-22-30)46-39-20-8-7-15-38(39)41-40(46)26-23-31-27-28-45(42(31)41)32-13-5-2-6-14-32/h1-28H. The first-order valence-electron chi connectivity index (χ1n) is 16.0. The number of nitrogens with zero attached hydrogens (tertiary/aromatic N) is 2. The lowest BCUT2D eigenvalue weighted by Gasteiger charge is -2.11. The molecule has 0 amide bonds. The summed E-state index contributed by atoms with van der Waals surface area (Å²) in [7, 11) is 0. The Kier molecular flexibility index (Phi) is 5.78. The summed E-state index contributed by atoms with van der Waals surface area (Å²) in [6, 6.07) is 59.5. The van der Waals surface area contributed by atoms with Crippen LogP contribution in [-0.2, 0) is 0 Å². The maximum atomic E-state index is 2.42. The number of aromatic nitrogens is 2. The molecule has 0 fully saturated rings. The first kappa shape index (κ1) is 26.3. The highest BCUT2D eigenvalue weighted by Crippen LogP contribution is 2.44. The van der Waals surface area contributed by atoms with Gasteiger partial charge in [0.25, 0.3) is 0 Å². The molecule has 0 aliphatic carbocycles. The molecular formula is C44H28N2S. The Morgan fingerprint density at radius 2 is 1.02 bits per heavy atom. The molecule has 0 bridgehead atoms. The zero-order valence-electron chi connectivity index (χ0n) is 25.5. The van der Waals surface area contributed by atoms with E-state index >= 15 is 0 Å². The monoisotopic (exact) mass is 616 g/mol. The number of rotatable bonds is 4. The van der Waals surface area contributed by atoms with Crippen molar-refractivity contribution in [1.29, 1.82) is 0 Å². The fraction of sp³-hybridized carbons (Fsp3) is 0. The Morgan fingerprint density at radius 3 is 1.74 bits per heavy atom. The first-order valence-corrected chi connectivity index (χ1v) is 16.8. The van der Waals surface area contributed by atoms with Crippen LogP contribution in [0, 0.1) is 0 Å². The Labute approximate surface area is 276 Å². The fourth-order valence-electron chi connectivity index (χ4n) is 7.45. The van der Waals surface area contributed by atoms with E-state index in [4.69, 9.17) is 0 Å². The normalized spacial score (nSPS) is 11.8. The van der Waals surface area contributed by atoms with Gasteiger partial charge in [0.1, 0.15) is 0 Å². The van der Waals surface area contributed by atoms with E-state index in [0.29, 0.717) is 0 Å². The van der Waals surface area contributed by atoms with Crippen LogP contribution in [0.25, 0.3) is 86.5 Å². The first-order chi connectivity index (χ1) is 23.3. The van der Waals surface area contributed by atoms with Crippen LogP contribution in [0.2, 0.25) is 0 Å². The van der Waals surface area contributed by atoms with Crippen molar-refractivity contribution in [2.24, 2.45) is 0 Å². The summed E-state index contributed by atoms with van der Waals surface area (Å²) < 4.78 is 7.42. The Balaban J connectivity index is 1.14. The lowest BCUT2D eigenvalue weighted by atomic mass is 10.00. The van der Waals surface area contributed by atoms with E-state index in [1.54, 1.807) is 0 Å². The van der Waals surface area contributed by atoms with Crippen LogP contribution in [0.1, 0.15) is 0 Å². The summed E-state index contributed by atoms with van der Waals surface area (Å²) in [5.41, 5.74) is 11.1. The number of thiophene rings is 1. The molecule has 3 aromatic heterocycles. The average Bonchev–Trinajstić information content (AvgIpc) is 3.84. The van der Waals surface area contributed by atoms with E-state index in [2.05, 4.69) is 179 Å². The Morgan fingerprint density at radius 1 is 0.404 bits per heavy atom. The SMILES string of the molecule is c1ccc(-c2cccc3c2sc2c(-c4ccc(-n5c6ccccc6c6c7c(ccc65)ccn7-c5ccccc5)cc4)cccc23)cc1. The molecule has 47 heavy (non-hydrogen) atoms. The second-order valence-electron chi connectivity index (χ2n) is 12.2. The Bertz CT molecular complexity index is 2760. The zero-order chi connectivity index (χ0) is 30.9. The van der Waals surface area contributed by atoms with Crippen LogP contribution in [-0.4, -0.2) is 9.13 Å². The van der Waals surface area contributed by atoms with Crippen LogP contribution < -0.4 is 0 Å². The van der Waals surface area contributed by atoms with E-state index in [-0.39, 0.29) is 0 Å². The van der Waals surface area contributed by atoms with Gasteiger partial charge < -0.3 is 9.13 Å². The van der Waals surface area contributed by atoms with Gasteiger partial charge in [-0.15, -0.1) is 11.3 Å². The van der Waals surface area contributed by atoms with E-state index in [1.165, 1.54) is 80.8 Å². The van der Waals surface area contributed by atoms with E-state index < -0.39 is 0 Å². The van der Waals surface area contributed by atoms with Gasteiger partial charge >= 0.3 is 0 Å². The van der Waals surface area contributed by atoms with Gasteiger partial charge in [-0.3, -0.25) is 0 Å². The molecular weight excluding hydrogens is 589 g/mol. The van der Waals surface area contributed by atoms with Crippen LogP contribution in [0.5, 0.6) is 0 Å². The van der Waals surface area contributed by atoms with Gasteiger partial charge in [0.2, 0.25) is 0 Å². The van der Waals surface area contributed by atoms with Crippen molar-refractivity contribution in [2.45, 2.75) is 0 Å². The molecule has 3 heterocycles. The topological polar surface area (TPSA) is 9.86 Å². The van der Waals surface area contributed by atoms with Gasteiger partial charge in [0.15, 0.2) is 0 Å². The zero-order valence-corrected chi connectivity index (χ0v) is 26.3. The molecule has 0 saturated heterocycles. The van der Waals surface area contributed by atoms with Gasteiger partial charge in [-0.05, 0) is 64.7 Å². The van der Waals surface area contributed by atoms with Crippen LogP contribution in [0.3, 0.4) is 0 Å². The molecule has 10 rings (SSSR count). The van der Waals surface area contributed by atoms with Gasteiger partial charge in [-0.2, -0.15) is 0 Å². The number of benzene rings is 7. The van der Waals surface area contributed by atoms with E-state index in [0.717, 1.165) is 5.69 Å². The van der Waals surface area contributed by atoms with Gasteiger partial charge in [-0.25, -0.2) is 0 Å². The quantitative estimate of drug-likeness (QED) is 0.186. The van der Waals surface area contributed by atoms with Crippen molar-refractivity contribution >= 4 is 64.2 Å². The summed E-state index contributed by atoms with van der Waals surface area (Å²) in [5.74, 6) is 0. The fourth-order valence-corrected chi connectivity index (χ4v) is 8.82. The molecule has 10 aromatic rings. The van der Waals surface area contributed by atoms with Crippen molar-refractivity contribution in [1.82, 2.24) is 9.13 Å². The minimum atomic E-state index is 1.16. The summed E-state index contributed by atoms with van der Waals surface area (Å²) in [6.45, 7) is 0. The van der Waals surface area contributed by atoms with Crippen molar-refractivity contribution in [3.05, 3.63) is 170 Å². The summed E-state index contributed by atoms with van der Waals surface area (Å²) in [4.78, 5) is 0. The van der Waals surface area contributed by atoms with Crippen LogP contribution >= 0.6 is 11.3 Å². The number of para-hydroxylation sites is 2. The second kappa shape index (κ2) is 10.3. The summed E-state index contributed by atoms with van der Waals surface area (Å²) >= 11 is 1.90. The molecule has 0 saturated carbocycles. The number of fused-ring (bicyclic) bond motifs is 8. The molecule has 0 radical (unpaired) electrons. The smallest absolute Gasteiger partial charge is 0.0628 e. The second-order valence-corrected chi connectivity index (χ2v) is 13.2. The average molecular weight is 617 g/mol. The van der Waals surface area contributed by atoms with E-state index in [1.807, 2.05) is 11.3 Å². The molecule has 0 spiro atoms. The molecule has 2 nitrogen and oxygen atoms in total. The minimum absolute atomic E-state index is 1.16. The van der Waals surface area contributed by atoms with Gasteiger partial charge in [0.05, 0.1) is 16.6 Å². The summed E-state index contributed by atoms with van der Waals surface area (Å²) in [6.07, 6.45) is 2.19. The third kappa shape index (κ3) is 3.97. The molecule has 0 aliphatic heterocycles. The largest absolute Gasteiger partial charge is 0.316 e. The lowest BCUT2D eigenvalue weighted by molar-refractivity contribution is 1.13. The highest BCUT2D eigenvalue weighted by molar-refractivity contribution is 7.26. The van der Waals surface area contributed by atoms with Crippen molar-refractivity contribution < 1.29 is 0 Å². The molecule has 0 atom stereocenters. The predicted octanol–water partition coefficient (Wildman–Crippen LogP) is 12.4. The van der Waals surface area contributed by atoms with Gasteiger partial charge in [-0.1, -0.05) is 121 Å².